The first kappa shape index (κ1) is 13.9. The van der Waals surface area contributed by atoms with E-state index in [1.165, 1.54) is 11.1 Å². The molecule has 0 aromatic heterocycles. The highest BCUT2D eigenvalue weighted by Gasteiger charge is 2.04. The minimum Gasteiger partial charge on any atom is -0.409 e. The van der Waals surface area contributed by atoms with Crippen LogP contribution < -0.4 is 11.1 Å². The van der Waals surface area contributed by atoms with Crippen LogP contribution in [0.2, 0.25) is 0 Å². The Kier molecular flexibility index (Phi) is 4.25. The lowest BCUT2D eigenvalue weighted by molar-refractivity contribution is 0.318. The Balaban J connectivity index is 2.13. The Bertz CT molecular complexity index is 635. The van der Waals surface area contributed by atoms with Crippen LogP contribution in [0.15, 0.2) is 47.6 Å². The summed E-state index contributed by atoms with van der Waals surface area (Å²) in [5, 5.41) is 15.1. The molecule has 0 saturated carbocycles. The molecule has 4 nitrogen and oxygen atoms in total. The van der Waals surface area contributed by atoms with Crippen molar-refractivity contribution in [1.82, 2.24) is 0 Å². The van der Waals surface area contributed by atoms with E-state index in [1.807, 2.05) is 37.3 Å². The van der Waals surface area contributed by atoms with E-state index in [1.54, 1.807) is 0 Å². The van der Waals surface area contributed by atoms with Gasteiger partial charge in [-0.05, 0) is 42.7 Å². The van der Waals surface area contributed by atoms with Crippen molar-refractivity contribution in [2.75, 3.05) is 5.32 Å². The van der Waals surface area contributed by atoms with Gasteiger partial charge in [-0.1, -0.05) is 35.5 Å². The molecule has 0 saturated heterocycles. The summed E-state index contributed by atoms with van der Waals surface area (Å²) in [5.41, 5.74) is 11.0. The minimum absolute atomic E-state index is 0.131. The highest BCUT2D eigenvalue weighted by molar-refractivity contribution is 5.97. The Morgan fingerprint density at radius 3 is 2.55 bits per heavy atom. The fourth-order valence-electron chi connectivity index (χ4n) is 2.07. The van der Waals surface area contributed by atoms with E-state index in [4.69, 9.17) is 10.9 Å². The smallest absolute Gasteiger partial charge is 0.170 e. The number of benzene rings is 2. The second kappa shape index (κ2) is 6.10. The number of oxime groups is 1. The third kappa shape index (κ3) is 3.09. The largest absolute Gasteiger partial charge is 0.409 e. The van der Waals surface area contributed by atoms with Gasteiger partial charge in [0.1, 0.15) is 0 Å². The maximum atomic E-state index is 8.68. The van der Waals surface area contributed by atoms with Crippen LogP contribution in [0, 0.1) is 13.8 Å². The summed E-state index contributed by atoms with van der Waals surface area (Å²) in [6.07, 6.45) is 0. The van der Waals surface area contributed by atoms with Gasteiger partial charge < -0.3 is 16.3 Å². The Hall–Kier alpha value is -2.49. The van der Waals surface area contributed by atoms with E-state index in [0.29, 0.717) is 0 Å². The number of rotatable bonds is 4. The molecule has 2 rings (SSSR count). The predicted octanol–water partition coefficient (Wildman–Crippen LogP) is 3.01. The van der Waals surface area contributed by atoms with E-state index in [2.05, 4.69) is 29.5 Å². The molecule has 0 spiro atoms. The average Bonchev–Trinajstić information content (AvgIpc) is 2.46. The predicted molar refractivity (Wildman–Crippen MR) is 82.2 cm³/mol. The van der Waals surface area contributed by atoms with Gasteiger partial charge in [0.05, 0.1) is 0 Å². The standard InChI is InChI=1S/C16H19N3O/c1-11-5-3-4-6-15(11)18-10-14-8-7-13(9-12(14)2)16(17)19-20/h3-9,18,20H,10H2,1-2H3,(H2,17,19). The van der Waals surface area contributed by atoms with Crippen LogP contribution in [-0.2, 0) is 6.54 Å². The van der Waals surface area contributed by atoms with Crippen molar-refractivity contribution in [3.8, 4) is 0 Å². The molecule has 0 bridgehead atoms. The molecule has 4 N–H and O–H groups in total. The molecule has 104 valence electrons. The van der Waals surface area contributed by atoms with E-state index in [0.717, 1.165) is 23.4 Å². The van der Waals surface area contributed by atoms with Gasteiger partial charge in [-0.25, -0.2) is 0 Å². The number of hydrogen-bond acceptors (Lipinski definition) is 3. The number of nitrogens with zero attached hydrogens (tertiary/aromatic N) is 1. The van der Waals surface area contributed by atoms with Gasteiger partial charge >= 0.3 is 0 Å². The van der Waals surface area contributed by atoms with E-state index >= 15 is 0 Å². The molecule has 0 aliphatic carbocycles. The molecule has 0 unspecified atom stereocenters. The van der Waals surface area contributed by atoms with Crippen molar-refractivity contribution in [1.29, 1.82) is 0 Å². The molecule has 2 aromatic carbocycles. The van der Waals surface area contributed by atoms with Crippen LogP contribution >= 0.6 is 0 Å². The van der Waals surface area contributed by atoms with Crippen molar-refractivity contribution in [2.45, 2.75) is 20.4 Å². The zero-order chi connectivity index (χ0) is 14.5. The number of para-hydroxylation sites is 1. The summed E-state index contributed by atoms with van der Waals surface area (Å²) < 4.78 is 0. The van der Waals surface area contributed by atoms with Gasteiger partial charge in [-0.3, -0.25) is 0 Å². The minimum atomic E-state index is 0.131. The maximum absolute atomic E-state index is 8.68. The molecule has 4 heteroatoms. The number of aryl methyl sites for hydroxylation is 2. The number of anilines is 1. The number of nitrogens with two attached hydrogens (primary N) is 1. The van der Waals surface area contributed by atoms with Crippen LogP contribution in [0.1, 0.15) is 22.3 Å². The average molecular weight is 269 g/mol. The molecule has 2 aromatic rings. The van der Waals surface area contributed by atoms with Gasteiger partial charge in [-0.15, -0.1) is 0 Å². The molecule has 0 atom stereocenters. The van der Waals surface area contributed by atoms with Crippen LogP contribution in [0.25, 0.3) is 0 Å². The van der Waals surface area contributed by atoms with Gasteiger partial charge in [0, 0.05) is 17.8 Å². The van der Waals surface area contributed by atoms with E-state index in [9.17, 15) is 0 Å². The number of nitrogens with one attached hydrogen (secondary N) is 1. The number of hydrogen-bond donors (Lipinski definition) is 3. The maximum Gasteiger partial charge on any atom is 0.170 e. The zero-order valence-corrected chi connectivity index (χ0v) is 11.7. The second-order valence-electron chi connectivity index (χ2n) is 4.79. The third-order valence-corrected chi connectivity index (χ3v) is 3.36. The quantitative estimate of drug-likeness (QED) is 0.346. The van der Waals surface area contributed by atoms with E-state index < -0.39 is 0 Å². The summed E-state index contributed by atoms with van der Waals surface area (Å²) in [6.45, 7) is 4.84. The van der Waals surface area contributed by atoms with Crippen molar-refractivity contribution in [3.05, 3.63) is 64.7 Å². The molecule has 0 amide bonds. The summed E-state index contributed by atoms with van der Waals surface area (Å²) in [4.78, 5) is 0. The normalized spacial score (nSPS) is 11.4. The van der Waals surface area contributed by atoms with Crippen LogP contribution in [-0.4, -0.2) is 11.0 Å². The monoisotopic (exact) mass is 269 g/mol. The molecular weight excluding hydrogens is 250 g/mol. The summed E-state index contributed by atoms with van der Waals surface area (Å²) >= 11 is 0. The highest BCUT2D eigenvalue weighted by atomic mass is 16.4. The lowest BCUT2D eigenvalue weighted by atomic mass is 10.0. The van der Waals surface area contributed by atoms with Gasteiger partial charge in [-0.2, -0.15) is 0 Å². The first-order valence-corrected chi connectivity index (χ1v) is 6.48. The molecule has 0 aliphatic heterocycles. The van der Waals surface area contributed by atoms with Gasteiger partial charge in [0.2, 0.25) is 0 Å². The fourth-order valence-corrected chi connectivity index (χ4v) is 2.07. The van der Waals surface area contributed by atoms with Gasteiger partial charge in [0.25, 0.3) is 0 Å². The van der Waals surface area contributed by atoms with Crippen LogP contribution in [0.4, 0.5) is 5.69 Å². The summed E-state index contributed by atoms with van der Waals surface area (Å²) in [5.74, 6) is 0.131. The Labute approximate surface area is 118 Å². The lowest BCUT2D eigenvalue weighted by Crippen LogP contribution is -2.13. The van der Waals surface area contributed by atoms with Crippen molar-refractivity contribution in [2.24, 2.45) is 10.9 Å². The number of amidine groups is 1. The molecule has 0 aliphatic rings. The SMILES string of the molecule is Cc1cc(/C(N)=N/O)ccc1CNc1ccccc1C. The fraction of sp³-hybridized carbons (Fsp3) is 0.188. The zero-order valence-electron chi connectivity index (χ0n) is 11.7. The van der Waals surface area contributed by atoms with Crippen molar-refractivity contribution in [3.63, 3.8) is 0 Å². The molecule has 0 heterocycles. The Morgan fingerprint density at radius 1 is 1.15 bits per heavy atom. The topological polar surface area (TPSA) is 70.6 Å². The summed E-state index contributed by atoms with van der Waals surface area (Å²) in [6, 6.07) is 14.0. The van der Waals surface area contributed by atoms with E-state index in [-0.39, 0.29) is 5.84 Å². The highest BCUT2D eigenvalue weighted by Crippen LogP contribution is 2.17. The first-order valence-electron chi connectivity index (χ1n) is 6.48. The first-order chi connectivity index (χ1) is 9.61. The Morgan fingerprint density at radius 2 is 1.90 bits per heavy atom. The molecule has 0 radical (unpaired) electrons. The van der Waals surface area contributed by atoms with Gasteiger partial charge in [0.15, 0.2) is 5.84 Å². The molecule has 0 fully saturated rings. The van der Waals surface area contributed by atoms with Crippen LogP contribution in [0.5, 0.6) is 0 Å². The van der Waals surface area contributed by atoms with Crippen molar-refractivity contribution >= 4 is 11.5 Å². The molecular formula is C16H19N3O. The van der Waals surface area contributed by atoms with Crippen molar-refractivity contribution < 1.29 is 5.21 Å². The third-order valence-electron chi connectivity index (χ3n) is 3.36. The lowest BCUT2D eigenvalue weighted by Gasteiger charge is -2.12. The van der Waals surface area contributed by atoms with Crippen LogP contribution in [0.3, 0.4) is 0 Å². The summed E-state index contributed by atoms with van der Waals surface area (Å²) in [7, 11) is 0. The molecule has 20 heavy (non-hydrogen) atoms. The second-order valence-corrected chi connectivity index (χ2v) is 4.79.